The van der Waals surface area contributed by atoms with Gasteiger partial charge in [0.2, 0.25) is 0 Å². The van der Waals surface area contributed by atoms with Crippen LogP contribution in [0.4, 0.5) is 0 Å². The molecule has 0 saturated heterocycles. The molecule has 1 rings (SSSR count). The average Bonchev–Trinajstić information content (AvgIpc) is 2.30. The van der Waals surface area contributed by atoms with Crippen molar-refractivity contribution < 1.29 is 5.11 Å². The molecule has 0 spiro atoms. The Morgan fingerprint density at radius 1 is 1.90 bits per heavy atom. The zero-order chi connectivity index (χ0) is 7.56. The number of hydrogen-bond acceptors (Lipinski definition) is 3. The topological polar surface area (TPSA) is 61.8 Å². The standard InChI is InChI=1S/C6H7N3O/c1-9-6(3-7)2-5(4-10)8-9/h2,10H,4H2,1H3. The van der Waals surface area contributed by atoms with Crippen molar-refractivity contribution in [3.8, 4) is 6.07 Å². The average molecular weight is 137 g/mol. The van der Waals surface area contributed by atoms with Crippen LogP contribution in [0.15, 0.2) is 6.07 Å². The number of nitrogens with zero attached hydrogens (tertiary/aromatic N) is 3. The maximum absolute atomic E-state index is 8.59. The molecule has 1 N–H and O–H groups in total. The molecule has 0 aliphatic carbocycles. The van der Waals surface area contributed by atoms with Gasteiger partial charge in [-0.15, -0.1) is 0 Å². The fourth-order valence-corrected chi connectivity index (χ4v) is 0.709. The minimum Gasteiger partial charge on any atom is -0.390 e. The molecule has 4 heteroatoms. The summed E-state index contributed by atoms with van der Waals surface area (Å²) in [6.45, 7) is -0.116. The van der Waals surface area contributed by atoms with Gasteiger partial charge in [-0.25, -0.2) is 0 Å². The third-order valence-electron chi connectivity index (χ3n) is 1.21. The molecule has 0 radical (unpaired) electrons. The Balaban J connectivity index is 3.07. The van der Waals surface area contributed by atoms with Crippen LogP contribution in [0.2, 0.25) is 0 Å². The maximum atomic E-state index is 8.59. The highest BCUT2D eigenvalue weighted by atomic mass is 16.3. The highest BCUT2D eigenvalue weighted by Crippen LogP contribution is 1.99. The van der Waals surface area contributed by atoms with Crippen LogP contribution in [0.3, 0.4) is 0 Å². The van der Waals surface area contributed by atoms with Gasteiger partial charge >= 0.3 is 0 Å². The van der Waals surface area contributed by atoms with Gasteiger partial charge < -0.3 is 5.11 Å². The van der Waals surface area contributed by atoms with Crippen LogP contribution in [0.25, 0.3) is 0 Å². The van der Waals surface area contributed by atoms with E-state index in [1.807, 2.05) is 6.07 Å². The first-order valence-corrected chi connectivity index (χ1v) is 2.82. The lowest BCUT2D eigenvalue weighted by molar-refractivity contribution is 0.275. The van der Waals surface area contributed by atoms with Crippen molar-refractivity contribution >= 4 is 0 Å². The Labute approximate surface area is 58.3 Å². The van der Waals surface area contributed by atoms with E-state index in [1.54, 1.807) is 13.1 Å². The Morgan fingerprint density at radius 3 is 2.90 bits per heavy atom. The fourth-order valence-electron chi connectivity index (χ4n) is 0.709. The van der Waals surface area contributed by atoms with Crippen molar-refractivity contribution in [3.63, 3.8) is 0 Å². The zero-order valence-corrected chi connectivity index (χ0v) is 5.57. The predicted molar refractivity (Wildman–Crippen MR) is 33.8 cm³/mol. The van der Waals surface area contributed by atoms with Gasteiger partial charge in [-0.1, -0.05) is 0 Å². The third kappa shape index (κ3) is 0.993. The normalized spacial score (nSPS) is 9.30. The molecule has 0 bridgehead atoms. The summed E-state index contributed by atoms with van der Waals surface area (Å²) in [5.74, 6) is 0. The van der Waals surface area contributed by atoms with E-state index in [9.17, 15) is 0 Å². The van der Waals surface area contributed by atoms with Crippen LogP contribution in [-0.2, 0) is 13.7 Å². The Bertz CT molecular complexity index is 271. The summed E-state index contributed by atoms with van der Waals surface area (Å²) in [6, 6.07) is 3.49. The van der Waals surface area contributed by atoms with Crippen LogP contribution < -0.4 is 0 Å². The van der Waals surface area contributed by atoms with Crippen LogP contribution in [0.5, 0.6) is 0 Å². The van der Waals surface area contributed by atoms with Crippen LogP contribution in [0.1, 0.15) is 11.4 Å². The monoisotopic (exact) mass is 137 g/mol. The van der Waals surface area contributed by atoms with Gasteiger partial charge in [-0.2, -0.15) is 10.4 Å². The predicted octanol–water partition coefficient (Wildman–Crippen LogP) is -0.216. The third-order valence-corrected chi connectivity index (χ3v) is 1.21. The summed E-state index contributed by atoms with van der Waals surface area (Å²) < 4.78 is 1.44. The highest BCUT2D eigenvalue weighted by molar-refractivity contribution is 5.22. The van der Waals surface area contributed by atoms with E-state index >= 15 is 0 Å². The Kier molecular flexibility index (Phi) is 1.69. The lowest BCUT2D eigenvalue weighted by atomic mass is 10.4. The molecule has 0 amide bonds. The van der Waals surface area contributed by atoms with Crippen LogP contribution in [0, 0.1) is 11.3 Å². The van der Waals surface area contributed by atoms with Crippen molar-refractivity contribution in [1.29, 1.82) is 5.26 Å². The maximum Gasteiger partial charge on any atom is 0.138 e. The van der Waals surface area contributed by atoms with E-state index < -0.39 is 0 Å². The molecule has 0 aliphatic heterocycles. The van der Waals surface area contributed by atoms with E-state index in [-0.39, 0.29) is 6.61 Å². The van der Waals surface area contributed by atoms with Gasteiger partial charge in [-0.05, 0) is 6.07 Å². The smallest absolute Gasteiger partial charge is 0.138 e. The first-order valence-electron chi connectivity index (χ1n) is 2.82. The molecule has 1 aromatic rings. The van der Waals surface area contributed by atoms with Crippen LogP contribution >= 0.6 is 0 Å². The lowest BCUT2D eigenvalue weighted by Gasteiger charge is -1.86. The van der Waals surface area contributed by atoms with Gasteiger partial charge in [-0.3, -0.25) is 4.68 Å². The molecule has 4 nitrogen and oxygen atoms in total. The Morgan fingerprint density at radius 2 is 2.60 bits per heavy atom. The van der Waals surface area contributed by atoms with Crippen LogP contribution in [-0.4, -0.2) is 14.9 Å². The van der Waals surface area contributed by atoms with E-state index in [1.165, 1.54) is 4.68 Å². The second-order valence-corrected chi connectivity index (χ2v) is 1.91. The van der Waals surface area contributed by atoms with E-state index in [0.29, 0.717) is 11.4 Å². The molecular formula is C6H7N3O. The lowest BCUT2D eigenvalue weighted by Crippen LogP contribution is -1.94. The SMILES string of the molecule is Cn1nc(CO)cc1C#N. The summed E-state index contributed by atoms with van der Waals surface area (Å²) in [5.41, 5.74) is 0.989. The summed E-state index contributed by atoms with van der Waals surface area (Å²) in [5, 5.41) is 20.9. The van der Waals surface area contributed by atoms with Crippen molar-refractivity contribution in [3.05, 3.63) is 17.5 Å². The molecule has 0 unspecified atom stereocenters. The van der Waals surface area contributed by atoms with Gasteiger partial charge in [0.05, 0.1) is 12.3 Å². The molecule has 0 atom stereocenters. The molecule has 0 saturated carbocycles. The number of nitriles is 1. The quantitative estimate of drug-likeness (QED) is 0.582. The Hall–Kier alpha value is -1.34. The number of aliphatic hydroxyl groups is 1. The molecule has 0 aliphatic rings. The van der Waals surface area contributed by atoms with Gasteiger partial charge in [0.15, 0.2) is 0 Å². The number of aryl methyl sites for hydroxylation is 1. The second kappa shape index (κ2) is 2.50. The summed E-state index contributed by atoms with van der Waals surface area (Å²) >= 11 is 0. The molecule has 0 fully saturated rings. The molecular weight excluding hydrogens is 130 g/mol. The van der Waals surface area contributed by atoms with Gasteiger partial charge in [0.1, 0.15) is 11.8 Å². The molecule has 0 aromatic carbocycles. The molecule has 10 heavy (non-hydrogen) atoms. The van der Waals surface area contributed by atoms with E-state index in [0.717, 1.165) is 0 Å². The minimum absolute atomic E-state index is 0.116. The summed E-state index contributed by atoms with van der Waals surface area (Å²) in [4.78, 5) is 0. The summed E-state index contributed by atoms with van der Waals surface area (Å²) in [7, 11) is 1.66. The summed E-state index contributed by atoms with van der Waals surface area (Å²) in [6.07, 6.45) is 0. The van der Waals surface area contributed by atoms with Gasteiger partial charge in [0.25, 0.3) is 0 Å². The number of aliphatic hydroxyl groups excluding tert-OH is 1. The molecule has 1 aromatic heterocycles. The van der Waals surface area contributed by atoms with Crippen molar-refractivity contribution in [1.82, 2.24) is 9.78 Å². The van der Waals surface area contributed by atoms with E-state index in [4.69, 9.17) is 10.4 Å². The molecule has 1 heterocycles. The van der Waals surface area contributed by atoms with Crippen molar-refractivity contribution in [2.24, 2.45) is 7.05 Å². The van der Waals surface area contributed by atoms with Crippen molar-refractivity contribution in [2.45, 2.75) is 6.61 Å². The first kappa shape index (κ1) is 6.78. The fraction of sp³-hybridized carbons (Fsp3) is 0.333. The number of hydrogen-bond donors (Lipinski definition) is 1. The zero-order valence-electron chi connectivity index (χ0n) is 5.57. The van der Waals surface area contributed by atoms with E-state index in [2.05, 4.69) is 5.10 Å². The number of aromatic nitrogens is 2. The molecule has 52 valence electrons. The minimum atomic E-state index is -0.116. The number of rotatable bonds is 1. The highest BCUT2D eigenvalue weighted by Gasteiger charge is 2.00. The largest absolute Gasteiger partial charge is 0.390 e. The second-order valence-electron chi connectivity index (χ2n) is 1.91. The van der Waals surface area contributed by atoms with Crippen molar-refractivity contribution in [2.75, 3.05) is 0 Å². The van der Waals surface area contributed by atoms with Gasteiger partial charge in [0, 0.05) is 7.05 Å². The first-order chi connectivity index (χ1) is 4.77.